The highest BCUT2D eigenvalue weighted by Gasteiger charge is 2.43. The number of pyridine rings is 1. The molecule has 1 aliphatic carbocycles. The molecule has 2 aromatic rings. The first-order chi connectivity index (χ1) is 15.7. The number of guanidine groups is 1. The molecule has 32 heavy (non-hydrogen) atoms. The van der Waals surface area contributed by atoms with E-state index in [1.807, 2.05) is 13.2 Å². The van der Waals surface area contributed by atoms with E-state index in [1.54, 1.807) is 0 Å². The fourth-order valence-corrected chi connectivity index (χ4v) is 5.48. The van der Waals surface area contributed by atoms with E-state index in [9.17, 15) is 0 Å². The molecule has 170 valence electrons. The van der Waals surface area contributed by atoms with Crippen LogP contribution in [0.2, 0.25) is 0 Å². The van der Waals surface area contributed by atoms with Crippen molar-refractivity contribution in [2.75, 3.05) is 25.0 Å². The van der Waals surface area contributed by atoms with Crippen molar-refractivity contribution in [1.82, 2.24) is 15.6 Å². The third-order valence-electron chi connectivity index (χ3n) is 7.20. The van der Waals surface area contributed by atoms with E-state index in [1.165, 1.54) is 43.2 Å². The molecule has 1 atom stereocenters. The average Bonchev–Trinajstić information content (AvgIpc) is 3.29. The zero-order valence-electron chi connectivity index (χ0n) is 19.1. The molecule has 3 aliphatic rings. The number of aliphatic imine (C=N–C) groups is 1. The summed E-state index contributed by atoms with van der Waals surface area (Å²) >= 11 is 0. The monoisotopic (exact) mass is 433 g/mol. The molecule has 3 heterocycles. The Morgan fingerprint density at radius 2 is 1.94 bits per heavy atom. The molecule has 1 aromatic carbocycles. The van der Waals surface area contributed by atoms with Gasteiger partial charge < -0.3 is 20.3 Å². The minimum Gasteiger partial charge on any atom is -0.487 e. The smallest absolute Gasteiger partial charge is 0.191 e. The van der Waals surface area contributed by atoms with Gasteiger partial charge in [0.1, 0.15) is 17.2 Å². The van der Waals surface area contributed by atoms with E-state index in [2.05, 4.69) is 61.9 Å². The van der Waals surface area contributed by atoms with Gasteiger partial charge in [0.25, 0.3) is 0 Å². The summed E-state index contributed by atoms with van der Waals surface area (Å²) in [7, 11) is 1.84. The van der Waals surface area contributed by atoms with Gasteiger partial charge in [-0.15, -0.1) is 0 Å². The van der Waals surface area contributed by atoms with E-state index in [4.69, 9.17) is 4.74 Å². The van der Waals surface area contributed by atoms with Crippen molar-refractivity contribution in [2.45, 2.75) is 69.6 Å². The third-order valence-corrected chi connectivity index (χ3v) is 7.20. The Balaban J connectivity index is 1.26. The first-order valence-electron chi connectivity index (χ1n) is 12.2. The highest BCUT2D eigenvalue weighted by atomic mass is 16.5. The van der Waals surface area contributed by atoms with Crippen molar-refractivity contribution in [3.8, 4) is 5.75 Å². The summed E-state index contributed by atoms with van der Waals surface area (Å²) in [6.45, 7) is 2.94. The van der Waals surface area contributed by atoms with Crippen LogP contribution in [0, 0.1) is 0 Å². The quantitative estimate of drug-likeness (QED) is 0.546. The number of hydrogen-bond donors (Lipinski definition) is 2. The van der Waals surface area contributed by atoms with Gasteiger partial charge in [0.2, 0.25) is 0 Å². The molecule has 0 amide bonds. The van der Waals surface area contributed by atoms with Gasteiger partial charge in [-0.2, -0.15) is 0 Å². The predicted molar refractivity (Wildman–Crippen MR) is 129 cm³/mol. The molecule has 1 saturated carbocycles. The summed E-state index contributed by atoms with van der Waals surface area (Å²) in [4.78, 5) is 11.5. The minimum atomic E-state index is -0.0285. The maximum absolute atomic E-state index is 6.51. The minimum absolute atomic E-state index is 0.0285. The fourth-order valence-electron chi connectivity index (χ4n) is 5.48. The number of hydrogen-bond acceptors (Lipinski definition) is 4. The number of nitrogens with one attached hydrogen (secondary N) is 2. The maximum atomic E-state index is 6.51. The number of fused-ring (bicyclic) bond motifs is 1. The number of aromatic nitrogens is 1. The molecular weight excluding hydrogens is 398 g/mol. The molecule has 2 N–H and O–H groups in total. The maximum Gasteiger partial charge on any atom is 0.191 e. The van der Waals surface area contributed by atoms with E-state index in [0.717, 1.165) is 56.4 Å². The van der Waals surface area contributed by atoms with Crippen LogP contribution in [0.1, 0.15) is 68.5 Å². The first kappa shape index (κ1) is 21.1. The molecular formula is C26H35N5O. The van der Waals surface area contributed by atoms with E-state index in [-0.39, 0.29) is 11.6 Å². The topological polar surface area (TPSA) is 61.8 Å². The second-order valence-corrected chi connectivity index (χ2v) is 9.43. The van der Waals surface area contributed by atoms with Gasteiger partial charge in [0.15, 0.2) is 5.96 Å². The molecule has 0 bridgehead atoms. The van der Waals surface area contributed by atoms with Gasteiger partial charge >= 0.3 is 0 Å². The van der Waals surface area contributed by atoms with Crippen LogP contribution in [0.4, 0.5) is 5.82 Å². The second kappa shape index (κ2) is 9.39. The van der Waals surface area contributed by atoms with Crippen molar-refractivity contribution in [1.29, 1.82) is 0 Å². The number of nitrogens with zero attached hydrogens (tertiary/aromatic N) is 3. The first-order valence-corrected chi connectivity index (χ1v) is 12.2. The lowest BCUT2D eigenvalue weighted by atomic mass is 9.86. The molecule has 0 radical (unpaired) electrons. The van der Waals surface area contributed by atoms with Crippen molar-refractivity contribution in [3.63, 3.8) is 0 Å². The molecule has 1 aromatic heterocycles. The standard InChI is InChI=1S/C26H35N5O/c1-27-25(29-19-20-11-14-28-24(17-20)31-15-7-2-8-16-31)30-22-18-26(12-5-6-13-26)32-23-10-4-3-9-21(22)23/h3-4,9-11,14,17,22H,2,5-8,12-13,15-16,18-19H2,1H3,(H2,27,29,30). The van der Waals surface area contributed by atoms with Crippen molar-refractivity contribution >= 4 is 11.8 Å². The third kappa shape index (κ3) is 4.54. The summed E-state index contributed by atoms with van der Waals surface area (Å²) in [5.41, 5.74) is 2.42. The van der Waals surface area contributed by atoms with Gasteiger partial charge in [-0.3, -0.25) is 4.99 Å². The van der Waals surface area contributed by atoms with E-state index >= 15 is 0 Å². The van der Waals surface area contributed by atoms with Gasteiger partial charge in [0.05, 0.1) is 6.04 Å². The number of para-hydroxylation sites is 1. The number of benzene rings is 1. The van der Waals surface area contributed by atoms with Gasteiger partial charge in [-0.1, -0.05) is 18.2 Å². The number of piperidine rings is 1. The van der Waals surface area contributed by atoms with E-state index in [0.29, 0.717) is 0 Å². The molecule has 2 fully saturated rings. The van der Waals surface area contributed by atoms with Gasteiger partial charge in [-0.25, -0.2) is 4.98 Å². The van der Waals surface area contributed by atoms with Crippen LogP contribution in [0.15, 0.2) is 47.6 Å². The lowest BCUT2D eigenvalue weighted by Crippen LogP contribution is -2.46. The lowest BCUT2D eigenvalue weighted by Gasteiger charge is -2.40. The normalized spacial score (nSPS) is 22.3. The molecule has 1 unspecified atom stereocenters. The van der Waals surface area contributed by atoms with Gasteiger partial charge in [0, 0.05) is 44.9 Å². The number of rotatable bonds is 4. The van der Waals surface area contributed by atoms with E-state index < -0.39 is 0 Å². The van der Waals surface area contributed by atoms with Gasteiger partial charge in [-0.05, 0) is 68.7 Å². The molecule has 2 aliphatic heterocycles. The Morgan fingerprint density at radius 3 is 2.75 bits per heavy atom. The second-order valence-electron chi connectivity index (χ2n) is 9.43. The lowest BCUT2D eigenvalue weighted by molar-refractivity contribution is 0.0396. The molecule has 6 heteroatoms. The zero-order valence-corrected chi connectivity index (χ0v) is 19.1. The highest BCUT2D eigenvalue weighted by Crippen LogP contribution is 2.46. The number of ether oxygens (including phenoxy) is 1. The largest absolute Gasteiger partial charge is 0.487 e. The van der Waals surface area contributed by atoms with Crippen LogP contribution in [0.3, 0.4) is 0 Å². The zero-order chi connectivity index (χ0) is 21.8. The van der Waals surface area contributed by atoms with Crippen LogP contribution in [-0.2, 0) is 6.54 Å². The fraction of sp³-hybridized carbons (Fsp3) is 0.538. The summed E-state index contributed by atoms with van der Waals surface area (Å²) in [5.74, 6) is 2.94. The van der Waals surface area contributed by atoms with Crippen LogP contribution in [-0.4, -0.2) is 36.7 Å². The molecule has 1 saturated heterocycles. The van der Waals surface area contributed by atoms with Crippen LogP contribution >= 0.6 is 0 Å². The van der Waals surface area contributed by atoms with Crippen molar-refractivity contribution in [2.24, 2.45) is 4.99 Å². The molecule has 6 nitrogen and oxygen atoms in total. The SMILES string of the molecule is CN=C(NCc1ccnc(N2CCCCC2)c1)NC1CC2(CCCC2)Oc2ccccc21. The summed E-state index contributed by atoms with van der Waals surface area (Å²) in [6, 6.07) is 13.0. The predicted octanol–water partition coefficient (Wildman–Crippen LogP) is 4.57. The Bertz CT molecular complexity index is 947. The van der Waals surface area contributed by atoms with Crippen LogP contribution < -0.4 is 20.3 Å². The Hall–Kier alpha value is -2.76. The van der Waals surface area contributed by atoms with Crippen molar-refractivity contribution in [3.05, 3.63) is 53.7 Å². The summed E-state index contributed by atoms with van der Waals surface area (Å²) < 4.78 is 6.51. The number of anilines is 1. The Kier molecular flexibility index (Phi) is 6.19. The Morgan fingerprint density at radius 1 is 1.12 bits per heavy atom. The molecule has 1 spiro atoms. The average molecular weight is 434 g/mol. The highest BCUT2D eigenvalue weighted by molar-refractivity contribution is 5.80. The molecule has 5 rings (SSSR count). The van der Waals surface area contributed by atoms with Crippen molar-refractivity contribution < 1.29 is 4.74 Å². The summed E-state index contributed by atoms with van der Waals surface area (Å²) in [5, 5.41) is 7.22. The Labute approximate surface area is 191 Å². The van der Waals surface area contributed by atoms with Crippen LogP contribution in [0.25, 0.3) is 0 Å². The summed E-state index contributed by atoms with van der Waals surface area (Å²) in [6.07, 6.45) is 11.5. The van der Waals surface area contributed by atoms with Crippen LogP contribution in [0.5, 0.6) is 5.75 Å².